The number of carbonyl (C=O) groups excluding carboxylic acids is 1. The number of hydrogen-bond acceptors (Lipinski definition) is 3. The number of nitrogens with zero attached hydrogens (tertiary/aromatic N) is 1. The molecular weight excluding hydrogens is 364 g/mol. The maximum atomic E-state index is 14.4. The van der Waals surface area contributed by atoms with E-state index in [9.17, 15) is 18.7 Å². The fourth-order valence-corrected chi connectivity index (χ4v) is 4.84. The SMILES string of the molecule is COc1ccc(F)c(F)c1C(=O)N1C[C@@H]2CCC[C@@](O)(c3ccccc3)[C@@H]2C1. The predicted octanol–water partition coefficient (Wildman–Crippen LogP) is 3.73. The van der Waals surface area contributed by atoms with E-state index in [0.717, 1.165) is 24.5 Å². The van der Waals surface area contributed by atoms with Crippen molar-refractivity contribution in [1.82, 2.24) is 4.90 Å². The molecule has 1 saturated carbocycles. The van der Waals surface area contributed by atoms with Gasteiger partial charge < -0.3 is 14.7 Å². The van der Waals surface area contributed by atoms with E-state index in [-0.39, 0.29) is 23.1 Å². The van der Waals surface area contributed by atoms with Crippen LogP contribution in [0, 0.1) is 23.5 Å². The molecule has 0 spiro atoms. The number of amides is 1. The molecule has 1 saturated heterocycles. The number of ether oxygens (including phenoxy) is 1. The molecule has 0 bridgehead atoms. The van der Waals surface area contributed by atoms with Crippen LogP contribution < -0.4 is 4.74 Å². The number of carbonyl (C=O) groups is 1. The molecule has 148 valence electrons. The summed E-state index contributed by atoms with van der Waals surface area (Å²) in [7, 11) is 1.32. The monoisotopic (exact) mass is 387 g/mol. The van der Waals surface area contributed by atoms with Crippen LogP contribution in [0.1, 0.15) is 35.2 Å². The van der Waals surface area contributed by atoms with Crippen molar-refractivity contribution in [1.29, 1.82) is 0 Å². The minimum Gasteiger partial charge on any atom is -0.496 e. The summed E-state index contributed by atoms with van der Waals surface area (Å²) in [4.78, 5) is 14.6. The summed E-state index contributed by atoms with van der Waals surface area (Å²) in [5, 5.41) is 11.5. The molecule has 2 aromatic carbocycles. The summed E-state index contributed by atoms with van der Waals surface area (Å²) in [6.07, 6.45) is 2.37. The van der Waals surface area contributed by atoms with Crippen molar-refractivity contribution in [2.45, 2.75) is 24.9 Å². The van der Waals surface area contributed by atoms with Gasteiger partial charge in [-0.25, -0.2) is 8.78 Å². The molecule has 0 unspecified atom stereocenters. The van der Waals surface area contributed by atoms with E-state index in [4.69, 9.17) is 4.74 Å². The Labute approximate surface area is 162 Å². The zero-order valence-corrected chi connectivity index (χ0v) is 15.7. The van der Waals surface area contributed by atoms with E-state index < -0.39 is 23.1 Å². The van der Waals surface area contributed by atoms with Crippen LogP contribution >= 0.6 is 0 Å². The Morgan fingerprint density at radius 1 is 1.18 bits per heavy atom. The van der Waals surface area contributed by atoms with Gasteiger partial charge in [-0.3, -0.25) is 4.79 Å². The highest BCUT2D eigenvalue weighted by Gasteiger charge is 2.51. The summed E-state index contributed by atoms with van der Waals surface area (Å²) in [5.74, 6) is -2.89. The van der Waals surface area contributed by atoms with Crippen molar-refractivity contribution in [3.63, 3.8) is 0 Å². The normalized spacial score (nSPS) is 26.8. The average Bonchev–Trinajstić information content (AvgIpc) is 3.16. The third-order valence-electron chi connectivity index (χ3n) is 6.24. The lowest BCUT2D eigenvalue weighted by Gasteiger charge is -2.41. The standard InChI is InChI=1S/C22H23F2NO3/c1-28-18-10-9-17(23)20(24)19(18)21(26)25-12-14-6-5-11-22(27,16(14)13-25)15-7-3-2-4-8-15/h2-4,7-10,14,16,27H,5-6,11-13H2,1H3/t14-,16+,22+/m0/s1. The van der Waals surface area contributed by atoms with Crippen LogP contribution in [0.25, 0.3) is 0 Å². The smallest absolute Gasteiger partial charge is 0.260 e. The zero-order valence-electron chi connectivity index (χ0n) is 15.7. The van der Waals surface area contributed by atoms with Crippen molar-refractivity contribution in [2.24, 2.45) is 11.8 Å². The second-order valence-electron chi connectivity index (χ2n) is 7.70. The number of halogens is 2. The molecule has 1 N–H and O–H groups in total. The fraction of sp³-hybridized carbons (Fsp3) is 0.409. The van der Waals surface area contributed by atoms with Crippen LogP contribution in [0.5, 0.6) is 5.75 Å². The van der Waals surface area contributed by atoms with Crippen LogP contribution in [0.15, 0.2) is 42.5 Å². The second-order valence-corrected chi connectivity index (χ2v) is 7.70. The van der Waals surface area contributed by atoms with Gasteiger partial charge in [-0.05, 0) is 42.9 Å². The van der Waals surface area contributed by atoms with Crippen LogP contribution in [-0.4, -0.2) is 36.1 Å². The fourth-order valence-electron chi connectivity index (χ4n) is 4.84. The van der Waals surface area contributed by atoms with E-state index >= 15 is 0 Å². The Morgan fingerprint density at radius 3 is 2.64 bits per heavy atom. The lowest BCUT2D eigenvalue weighted by molar-refractivity contribution is -0.0644. The highest BCUT2D eigenvalue weighted by molar-refractivity contribution is 5.97. The molecule has 0 radical (unpaired) electrons. The summed E-state index contributed by atoms with van der Waals surface area (Å²) >= 11 is 0. The molecule has 2 aliphatic rings. The Balaban J connectivity index is 1.65. The number of benzene rings is 2. The van der Waals surface area contributed by atoms with Crippen molar-refractivity contribution in [2.75, 3.05) is 20.2 Å². The van der Waals surface area contributed by atoms with E-state index in [1.807, 2.05) is 30.3 Å². The topological polar surface area (TPSA) is 49.8 Å². The van der Waals surface area contributed by atoms with Gasteiger partial charge in [0, 0.05) is 19.0 Å². The van der Waals surface area contributed by atoms with Crippen LogP contribution in [-0.2, 0) is 5.60 Å². The minimum atomic E-state index is -1.20. The van der Waals surface area contributed by atoms with E-state index in [1.54, 1.807) is 0 Å². The highest BCUT2D eigenvalue weighted by atomic mass is 19.2. The maximum Gasteiger partial charge on any atom is 0.260 e. The molecule has 1 aliphatic heterocycles. The molecule has 6 heteroatoms. The van der Waals surface area contributed by atoms with E-state index in [0.29, 0.717) is 19.5 Å². The molecular formula is C22H23F2NO3. The van der Waals surface area contributed by atoms with Gasteiger partial charge in [0.1, 0.15) is 11.3 Å². The van der Waals surface area contributed by atoms with Crippen LogP contribution in [0.3, 0.4) is 0 Å². The van der Waals surface area contributed by atoms with E-state index in [1.165, 1.54) is 18.1 Å². The Hall–Kier alpha value is -2.47. The van der Waals surface area contributed by atoms with E-state index in [2.05, 4.69) is 0 Å². The van der Waals surface area contributed by atoms with Crippen molar-refractivity contribution < 1.29 is 23.4 Å². The van der Waals surface area contributed by atoms with Gasteiger partial charge >= 0.3 is 0 Å². The molecule has 1 aliphatic carbocycles. The predicted molar refractivity (Wildman–Crippen MR) is 100.0 cm³/mol. The van der Waals surface area contributed by atoms with Gasteiger partial charge in [-0.15, -0.1) is 0 Å². The van der Waals surface area contributed by atoms with Crippen molar-refractivity contribution >= 4 is 5.91 Å². The first kappa shape index (κ1) is 18.9. The summed E-state index contributed by atoms with van der Waals surface area (Å²) in [6.45, 7) is 0.714. The largest absolute Gasteiger partial charge is 0.496 e. The number of rotatable bonds is 3. The molecule has 2 fully saturated rings. The molecule has 0 aromatic heterocycles. The summed E-state index contributed by atoms with van der Waals surface area (Å²) in [6, 6.07) is 11.7. The number of likely N-dealkylation sites (tertiary alicyclic amines) is 1. The number of fused-ring (bicyclic) bond motifs is 1. The lowest BCUT2D eigenvalue weighted by atomic mass is 9.67. The van der Waals surface area contributed by atoms with Gasteiger partial charge in [0.25, 0.3) is 5.91 Å². The molecule has 3 atom stereocenters. The third-order valence-corrected chi connectivity index (χ3v) is 6.24. The number of methoxy groups -OCH3 is 1. The van der Waals surface area contributed by atoms with Gasteiger partial charge in [0.05, 0.1) is 12.7 Å². The van der Waals surface area contributed by atoms with Crippen molar-refractivity contribution in [3.05, 3.63) is 65.2 Å². The second kappa shape index (κ2) is 7.17. The number of aliphatic hydroxyl groups is 1. The minimum absolute atomic E-state index is 0.0112. The Bertz CT molecular complexity index is 889. The molecule has 1 heterocycles. The molecule has 4 nitrogen and oxygen atoms in total. The molecule has 2 aromatic rings. The zero-order chi connectivity index (χ0) is 19.9. The van der Waals surface area contributed by atoms with Crippen LogP contribution in [0.4, 0.5) is 8.78 Å². The highest BCUT2D eigenvalue weighted by Crippen LogP contribution is 2.48. The first-order valence-corrected chi connectivity index (χ1v) is 9.55. The average molecular weight is 387 g/mol. The van der Waals surface area contributed by atoms with Gasteiger partial charge in [-0.1, -0.05) is 30.3 Å². The number of hydrogen-bond donors (Lipinski definition) is 1. The molecule has 1 amide bonds. The van der Waals surface area contributed by atoms with Crippen LogP contribution in [0.2, 0.25) is 0 Å². The summed E-state index contributed by atoms with van der Waals surface area (Å²) in [5.41, 5.74) is -0.568. The first-order chi connectivity index (χ1) is 13.5. The van der Waals surface area contributed by atoms with Gasteiger partial charge in [-0.2, -0.15) is 0 Å². The maximum absolute atomic E-state index is 14.4. The Morgan fingerprint density at radius 2 is 1.93 bits per heavy atom. The molecule has 28 heavy (non-hydrogen) atoms. The van der Waals surface area contributed by atoms with Crippen molar-refractivity contribution in [3.8, 4) is 5.75 Å². The summed E-state index contributed by atoms with van der Waals surface area (Å²) < 4.78 is 33.2. The van der Waals surface area contributed by atoms with Gasteiger partial charge in [0.15, 0.2) is 11.6 Å². The lowest BCUT2D eigenvalue weighted by Crippen LogP contribution is -2.43. The van der Waals surface area contributed by atoms with Gasteiger partial charge in [0.2, 0.25) is 0 Å². The Kier molecular flexibility index (Phi) is 4.83. The molecule has 4 rings (SSSR count). The quantitative estimate of drug-likeness (QED) is 0.873. The third kappa shape index (κ3) is 2.96. The first-order valence-electron chi connectivity index (χ1n) is 9.55.